The molecule has 174 valence electrons. The molecule has 1 amide bonds. The summed E-state index contributed by atoms with van der Waals surface area (Å²) in [5, 5.41) is 2.92. The number of carbonyl (C=O) groups excluding carboxylic acids is 1. The fourth-order valence-corrected chi connectivity index (χ4v) is 4.78. The fraction of sp³-hybridized carbons (Fsp3) is 0.360. The highest BCUT2D eigenvalue weighted by atomic mass is 79.9. The molecule has 2 aromatic carbocycles. The Kier molecular flexibility index (Phi) is 8.50. The highest BCUT2D eigenvalue weighted by Gasteiger charge is 2.20. The second kappa shape index (κ2) is 11.7. The second-order valence-electron chi connectivity index (χ2n) is 7.98. The van der Waals surface area contributed by atoms with Gasteiger partial charge in [-0.25, -0.2) is 4.98 Å². The number of hydrogen-bond donors (Lipinski definition) is 0. The first-order valence-corrected chi connectivity index (χ1v) is 12.7. The number of halogens is 1. The zero-order chi connectivity index (χ0) is 23.0. The molecule has 0 atom stereocenters. The van der Waals surface area contributed by atoms with Crippen LogP contribution in [0.1, 0.15) is 26.6 Å². The molecule has 0 saturated carbocycles. The molecule has 6 nitrogen and oxygen atoms in total. The summed E-state index contributed by atoms with van der Waals surface area (Å²) >= 11 is 5.04. The number of ether oxygens (including phenoxy) is 2. The van der Waals surface area contributed by atoms with Crippen molar-refractivity contribution in [2.45, 2.75) is 20.1 Å². The van der Waals surface area contributed by atoms with Crippen LogP contribution in [-0.2, 0) is 17.9 Å². The summed E-state index contributed by atoms with van der Waals surface area (Å²) in [6, 6.07) is 15.5. The molecule has 0 N–H and O–H groups in total. The molecule has 0 bridgehead atoms. The maximum absolute atomic E-state index is 13.3. The standard InChI is InChI=1S/C25H28BrN3O3S/c1-19-5-2-3-8-23(19)32-17-24-27-22(18-33-24)16-29(10-9-28-11-13-31-14-12-28)25(30)20-6-4-7-21(26)15-20/h2-8,15,18H,9-14,16-17H2,1H3. The number of rotatable bonds is 9. The van der Waals surface area contributed by atoms with E-state index in [1.807, 2.05) is 65.7 Å². The maximum atomic E-state index is 13.3. The molecule has 1 fully saturated rings. The van der Waals surface area contributed by atoms with Gasteiger partial charge in [-0.05, 0) is 36.8 Å². The Labute approximate surface area is 207 Å². The van der Waals surface area contributed by atoms with E-state index in [1.54, 1.807) is 11.3 Å². The van der Waals surface area contributed by atoms with Gasteiger partial charge in [0.2, 0.25) is 0 Å². The molecule has 1 aliphatic heterocycles. The van der Waals surface area contributed by atoms with Crippen molar-refractivity contribution in [3.05, 3.63) is 80.2 Å². The third-order valence-electron chi connectivity index (χ3n) is 5.55. The van der Waals surface area contributed by atoms with Crippen molar-refractivity contribution in [3.63, 3.8) is 0 Å². The van der Waals surface area contributed by atoms with E-state index in [0.29, 0.717) is 25.3 Å². The number of hydrogen-bond acceptors (Lipinski definition) is 6. The van der Waals surface area contributed by atoms with Crippen LogP contribution in [0.3, 0.4) is 0 Å². The highest BCUT2D eigenvalue weighted by Crippen LogP contribution is 2.20. The summed E-state index contributed by atoms with van der Waals surface area (Å²) in [6.07, 6.45) is 0. The molecule has 2 heterocycles. The molecule has 1 aliphatic rings. The van der Waals surface area contributed by atoms with Gasteiger partial charge in [-0.1, -0.05) is 40.2 Å². The summed E-state index contributed by atoms with van der Waals surface area (Å²) in [7, 11) is 0. The Morgan fingerprint density at radius 1 is 1.21 bits per heavy atom. The van der Waals surface area contributed by atoms with Crippen LogP contribution in [0.4, 0.5) is 0 Å². The molecule has 8 heteroatoms. The number of aryl methyl sites for hydroxylation is 1. The zero-order valence-electron chi connectivity index (χ0n) is 18.7. The van der Waals surface area contributed by atoms with Gasteiger partial charge in [0.15, 0.2) is 0 Å². The average molecular weight is 530 g/mol. The van der Waals surface area contributed by atoms with Gasteiger partial charge in [-0.15, -0.1) is 11.3 Å². The van der Waals surface area contributed by atoms with E-state index in [2.05, 4.69) is 20.8 Å². The predicted molar refractivity (Wildman–Crippen MR) is 134 cm³/mol. The Balaban J connectivity index is 1.42. The minimum atomic E-state index is 0.00951. The van der Waals surface area contributed by atoms with E-state index >= 15 is 0 Å². The molecule has 33 heavy (non-hydrogen) atoms. The van der Waals surface area contributed by atoms with Gasteiger partial charge >= 0.3 is 0 Å². The van der Waals surface area contributed by atoms with Gasteiger partial charge in [0, 0.05) is 41.6 Å². The number of nitrogens with zero attached hydrogens (tertiary/aromatic N) is 3. The number of morpholine rings is 1. The lowest BCUT2D eigenvalue weighted by Gasteiger charge is -2.30. The van der Waals surface area contributed by atoms with Crippen LogP contribution in [0.15, 0.2) is 58.4 Å². The average Bonchev–Trinajstić information content (AvgIpc) is 3.29. The van der Waals surface area contributed by atoms with Crippen molar-refractivity contribution < 1.29 is 14.3 Å². The third kappa shape index (κ3) is 6.86. The van der Waals surface area contributed by atoms with Gasteiger partial charge in [0.05, 0.1) is 25.5 Å². The van der Waals surface area contributed by atoms with Gasteiger partial charge in [-0.3, -0.25) is 9.69 Å². The van der Waals surface area contributed by atoms with Crippen LogP contribution in [-0.4, -0.2) is 60.1 Å². The van der Waals surface area contributed by atoms with E-state index in [4.69, 9.17) is 14.5 Å². The summed E-state index contributed by atoms with van der Waals surface area (Å²) in [4.78, 5) is 22.3. The Bertz CT molecular complexity index is 1070. The third-order valence-corrected chi connectivity index (χ3v) is 6.91. The van der Waals surface area contributed by atoms with Gasteiger partial charge in [-0.2, -0.15) is 0 Å². The molecule has 3 aromatic rings. The Morgan fingerprint density at radius 3 is 2.82 bits per heavy atom. The van der Waals surface area contributed by atoms with Crippen molar-refractivity contribution in [1.82, 2.24) is 14.8 Å². The van der Waals surface area contributed by atoms with Crippen LogP contribution < -0.4 is 4.74 Å². The topological polar surface area (TPSA) is 54.9 Å². The number of amides is 1. The normalized spacial score (nSPS) is 14.2. The molecule has 0 radical (unpaired) electrons. The van der Waals surface area contributed by atoms with Gasteiger partial charge in [0.1, 0.15) is 17.4 Å². The molecule has 0 spiro atoms. The van der Waals surface area contributed by atoms with Crippen molar-refractivity contribution in [1.29, 1.82) is 0 Å². The molecule has 0 aliphatic carbocycles. The number of aromatic nitrogens is 1. The molecule has 1 saturated heterocycles. The number of para-hydroxylation sites is 1. The summed E-state index contributed by atoms with van der Waals surface area (Å²) < 4.78 is 12.3. The summed E-state index contributed by atoms with van der Waals surface area (Å²) in [6.45, 7) is 7.66. The fourth-order valence-electron chi connectivity index (χ4n) is 3.68. The van der Waals surface area contributed by atoms with E-state index in [1.165, 1.54) is 0 Å². The summed E-state index contributed by atoms with van der Waals surface area (Å²) in [5.74, 6) is 0.876. The van der Waals surface area contributed by atoms with Crippen molar-refractivity contribution >= 4 is 33.2 Å². The second-order valence-corrected chi connectivity index (χ2v) is 9.84. The largest absolute Gasteiger partial charge is 0.486 e. The van der Waals surface area contributed by atoms with Gasteiger partial charge < -0.3 is 14.4 Å². The molecular formula is C25H28BrN3O3S. The van der Waals surface area contributed by atoms with Gasteiger partial charge in [0.25, 0.3) is 5.91 Å². The monoisotopic (exact) mass is 529 g/mol. The first-order valence-electron chi connectivity index (χ1n) is 11.0. The molecule has 4 rings (SSSR count). The minimum absolute atomic E-state index is 0.00951. The SMILES string of the molecule is Cc1ccccc1OCc1nc(CN(CCN2CCOCC2)C(=O)c2cccc(Br)c2)cs1. The first-order chi connectivity index (χ1) is 16.1. The van der Waals surface area contributed by atoms with Crippen LogP contribution in [0.2, 0.25) is 0 Å². The van der Waals surface area contributed by atoms with Crippen molar-refractivity contribution in [2.75, 3.05) is 39.4 Å². The van der Waals surface area contributed by atoms with Crippen LogP contribution >= 0.6 is 27.3 Å². The summed E-state index contributed by atoms with van der Waals surface area (Å²) in [5.41, 5.74) is 2.65. The van der Waals surface area contributed by atoms with Crippen molar-refractivity contribution in [2.24, 2.45) is 0 Å². The lowest BCUT2D eigenvalue weighted by atomic mass is 10.2. The zero-order valence-corrected chi connectivity index (χ0v) is 21.1. The Morgan fingerprint density at radius 2 is 2.03 bits per heavy atom. The molecule has 0 unspecified atom stereocenters. The van der Waals surface area contributed by atoms with Crippen LogP contribution in [0, 0.1) is 6.92 Å². The molecular weight excluding hydrogens is 502 g/mol. The molecule has 1 aromatic heterocycles. The highest BCUT2D eigenvalue weighted by molar-refractivity contribution is 9.10. The van der Waals surface area contributed by atoms with Crippen LogP contribution in [0.25, 0.3) is 0 Å². The maximum Gasteiger partial charge on any atom is 0.254 e. The Hall–Kier alpha value is -2.26. The number of thiazole rings is 1. The van der Waals surface area contributed by atoms with E-state index in [9.17, 15) is 4.79 Å². The number of benzene rings is 2. The first kappa shape index (κ1) is 23.9. The predicted octanol–water partition coefficient (Wildman–Crippen LogP) is 4.77. The smallest absolute Gasteiger partial charge is 0.254 e. The quantitative estimate of drug-likeness (QED) is 0.399. The van der Waals surface area contributed by atoms with E-state index in [-0.39, 0.29) is 5.91 Å². The van der Waals surface area contributed by atoms with E-state index in [0.717, 1.165) is 59.3 Å². The van der Waals surface area contributed by atoms with Crippen LogP contribution in [0.5, 0.6) is 5.75 Å². The minimum Gasteiger partial charge on any atom is -0.486 e. The number of carbonyl (C=O) groups is 1. The lowest BCUT2D eigenvalue weighted by molar-refractivity contribution is 0.0319. The lowest BCUT2D eigenvalue weighted by Crippen LogP contribution is -2.43. The van der Waals surface area contributed by atoms with E-state index < -0.39 is 0 Å². The van der Waals surface area contributed by atoms with Crippen molar-refractivity contribution in [3.8, 4) is 5.75 Å².